The van der Waals surface area contributed by atoms with E-state index < -0.39 is 12.0 Å². The highest BCUT2D eigenvalue weighted by Gasteiger charge is 2.39. The first-order chi connectivity index (χ1) is 12.5. The lowest BCUT2D eigenvalue weighted by Gasteiger charge is -2.46. The number of nitrogens with zero attached hydrogens (tertiary/aromatic N) is 2. The van der Waals surface area contributed by atoms with E-state index in [2.05, 4.69) is 27.3 Å². The van der Waals surface area contributed by atoms with Gasteiger partial charge in [-0.3, -0.25) is 14.6 Å². The van der Waals surface area contributed by atoms with E-state index >= 15 is 0 Å². The van der Waals surface area contributed by atoms with Gasteiger partial charge in [0.25, 0.3) is 0 Å². The predicted molar refractivity (Wildman–Crippen MR) is 98.7 cm³/mol. The Balaban J connectivity index is 1.45. The van der Waals surface area contributed by atoms with Crippen molar-refractivity contribution in [3.05, 3.63) is 24.5 Å². The zero-order valence-electron chi connectivity index (χ0n) is 15.1. The van der Waals surface area contributed by atoms with Crippen LogP contribution in [0.25, 0.3) is 0 Å². The van der Waals surface area contributed by atoms with Gasteiger partial charge in [0, 0.05) is 43.6 Å². The molecule has 1 spiro atoms. The number of hydrogen-bond acceptors (Lipinski definition) is 5. The van der Waals surface area contributed by atoms with Crippen LogP contribution in [-0.4, -0.2) is 47.6 Å². The lowest BCUT2D eigenvalue weighted by molar-refractivity contribution is -0.138. The van der Waals surface area contributed by atoms with Crippen LogP contribution >= 0.6 is 0 Å². The van der Waals surface area contributed by atoms with Crippen molar-refractivity contribution < 1.29 is 14.7 Å². The molecule has 0 bridgehead atoms. The third kappa shape index (κ3) is 4.33. The number of pyridine rings is 1. The molecule has 1 saturated carbocycles. The number of carboxylic acid groups (broad SMARTS) is 1. The molecule has 3 rings (SSSR count). The highest BCUT2D eigenvalue weighted by Crippen LogP contribution is 2.46. The molecule has 142 valence electrons. The van der Waals surface area contributed by atoms with E-state index in [1.807, 2.05) is 12.4 Å². The average molecular weight is 360 g/mol. The molecular formula is C19H28N4O3. The van der Waals surface area contributed by atoms with Gasteiger partial charge in [0.15, 0.2) is 0 Å². The van der Waals surface area contributed by atoms with E-state index in [4.69, 9.17) is 10.8 Å². The van der Waals surface area contributed by atoms with Crippen molar-refractivity contribution in [2.24, 2.45) is 17.1 Å². The highest BCUT2D eigenvalue weighted by atomic mass is 16.4. The van der Waals surface area contributed by atoms with E-state index in [1.165, 1.54) is 5.69 Å². The van der Waals surface area contributed by atoms with Crippen LogP contribution < -0.4 is 16.0 Å². The number of aromatic nitrogens is 1. The number of anilines is 1. The maximum atomic E-state index is 12.3. The number of carbonyl (C=O) groups is 2. The van der Waals surface area contributed by atoms with Crippen molar-refractivity contribution in [2.75, 3.05) is 24.5 Å². The fourth-order valence-corrected chi connectivity index (χ4v) is 4.23. The largest absolute Gasteiger partial charge is 0.480 e. The second-order valence-corrected chi connectivity index (χ2v) is 7.66. The van der Waals surface area contributed by atoms with Gasteiger partial charge in [-0.1, -0.05) is 0 Å². The molecule has 7 nitrogen and oxygen atoms in total. The maximum absolute atomic E-state index is 12.3. The van der Waals surface area contributed by atoms with Crippen molar-refractivity contribution in [3.63, 3.8) is 0 Å². The molecule has 1 aliphatic heterocycles. The minimum absolute atomic E-state index is 0.00327. The number of aliphatic carboxylic acids is 1. The van der Waals surface area contributed by atoms with Crippen LogP contribution in [-0.2, 0) is 9.59 Å². The minimum Gasteiger partial charge on any atom is -0.480 e. The van der Waals surface area contributed by atoms with Crippen LogP contribution in [0.1, 0.15) is 38.5 Å². The number of piperidine rings is 1. The van der Waals surface area contributed by atoms with Gasteiger partial charge in [-0.05, 0) is 56.1 Å². The Morgan fingerprint density at radius 1 is 1.23 bits per heavy atom. The third-order valence-electron chi connectivity index (χ3n) is 6.08. The molecule has 2 fully saturated rings. The summed E-state index contributed by atoms with van der Waals surface area (Å²) in [5.41, 5.74) is 7.04. The smallest absolute Gasteiger partial charge is 0.322 e. The summed E-state index contributed by atoms with van der Waals surface area (Å²) in [6, 6.07) is 3.08. The number of nitrogens with two attached hydrogens (primary N) is 1. The molecule has 1 aromatic rings. The molecule has 0 aromatic carbocycles. The van der Waals surface area contributed by atoms with Gasteiger partial charge in [-0.15, -0.1) is 0 Å². The van der Waals surface area contributed by atoms with Crippen molar-refractivity contribution in [3.8, 4) is 0 Å². The van der Waals surface area contributed by atoms with Crippen molar-refractivity contribution in [1.82, 2.24) is 10.3 Å². The van der Waals surface area contributed by atoms with Crippen LogP contribution in [0, 0.1) is 11.3 Å². The fourth-order valence-electron chi connectivity index (χ4n) is 4.23. The fraction of sp³-hybridized carbons (Fsp3) is 0.632. The van der Waals surface area contributed by atoms with Crippen molar-refractivity contribution in [1.29, 1.82) is 0 Å². The Morgan fingerprint density at radius 2 is 1.85 bits per heavy atom. The molecule has 0 radical (unpaired) electrons. The maximum Gasteiger partial charge on any atom is 0.322 e. The summed E-state index contributed by atoms with van der Waals surface area (Å²) in [7, 11) is 0. The molecule has 1 aromatic heterocycles. The van der Waals surface area contributed by atoms with Gasteiger partial charge in [-0.2, -0.15) is 0 Å². The number of carboxylic acids is 1. The Morgan fingerprint density at radius 3 is 2.42 bits per heavy atom. The Hall–Kier alpha value is -2.15. The lowest BCUT2D eigenvalue weighted by atomic mass is 9.65. The number of carbonyl (C=O) groups excluding carboxylic acids is 1. The van der Waals surface area contributed by atoms with Gasteiger partial charge in [0.05, 0.1) is 0 Å². The summed E-state index contributed by atoms with van der Waals surface area (Å²) in [5, 5.41) is 11.5. The SMILES string of the molecule is N[C@@H](CNC(=O)C1CCC2(CC1)CCN(c1ccncc1)CC2)C(=O)O. The molecule has 1 saturated heterocycles. The molecule has 0 unspecified atom stereocenters. The molecule has 1 aliphatic carbocycles. The van der Waals surface area contributed by atoms with Crippen molar-refractivity contribution >= 4 is 17.6 Å². The molecular weight excluding hydrogens is 332 g/mol. The van der Waals surface area contributed by atoms with E-state index in [9.17, 15) is 9.59 Å². The summed E-state index contributed by atoms with van der Waals surface area (Å²) in [5.74, 6) is -1.15. The normalized spacial score (nSPS) is 21.3. The van der Waals surface area contributed by atoms with Crippen LogP contribution in [0.3, 0.4) is 0 Å². The zero-order valence-corrected chi connectivity index (χ0v) is 15.1. The zero-order chi connectivity index (χ0) is 18.6. The molecule has 7 heteroatoms. The summed E-state index contributed by atoms with van der Waals surface area (Å²) < 4.78 is 0. The Labute approximate surface area is 154 Å². The van der Waals surface area contributed by atoms with Gasteiger partial charge >= 0.3 is 5.97 Å². The van der Waals surface area contributed by atoms with Gasteiger partial charge in [0.2, 0.25) is 5.91 Å². The highest BCUT2D eigenvalue weighted by molar-refractivity contribution is 5.80. The van der Waals surface area contributed by atoms with Gasteiger partial charge in [-0.25, -0.2) is 0 Å². The summed E-state index contributed by atoms with van der Waals surface area (Å²) in [6.07, 6.45) is 9.88. The minimum atomic E-state index is -1.09. The topological polar surface area (TPSA) is 109 Å². The van der Waals surface area contributed by atoms with Gasteiger partial charge in [0.1, 0.15) is 6.04 Å². The summed E-state index contributed by atoms with van der Waals surface area (Å²) in [6.45, 7) is 2.10. The average Bonchev–Trinajstić information content (AvgIpc) is 2.67. The van der Waals surface area contributed by atoms with Crippen LogP contribution in [0.5, 0.6) is 0 Å². The predicted octanol–water partition coefficient (Wildman–Crippen LogP) is 1.39. The Kier molecular flexibility index (Phi) is 5.76. The number of amides is 1. The molecule has 1 amide bonds. The molecule has 2 aliphatic rings. The molecule has 26 heavy (non-hydrogen) atoms. The van der Waals surface area contributed by atoms with Crippen molar-refractivity contribution in [2.45, 2.75) is 44.6 Å². The van der Waals surface area contributed by atoms with E-state index in [0.29, 0.717) is 5.41 Å². The van der Waals surface area contributed by atoms with Crippen LogP contribution in [0.15, 0.2) is 24.5 Å². The molecule has 1 atom stereocenters. The summed E-state index contributed by atoms with van der Waals surface area (Å²) in [4.78, 5) is 29.5. The standard InChI is InChI=1S/C19H28N4O3/c20-16(18(25)26)13-22-17(24)14-1-5-19(6-2-14)7-11-23(12-8-19)15-3-9-21-10-4-15/h3-4,9-10,14,16H,1-2,5-8,11-13,20H2,(H,22,24)(H,25,26)/t16-/m0/s1. The first-order valence-corrected chi connectivity index (χ1v) is 9.40. The first kappa shape index (κ1) is 18.6. The second kappa shape index (κ2) is 8.03. The monoisotopic (exact) mass is 360 g/mol. The van der Waals surface area contributed by atoms with E-state index in [1.54, 1.807) is 0 Å². The van der Waals surface area contributed by atoms with Crippen LogP contribution in [0.4, 0.5) is 5.69 Å². The lowest BCUT2D eigenvalue weighted by Crippen LogP contribution is -2.46. The number of nitrogens with one attached hydrogen (secondary N) is 1. The number of rotatable bonds is 5. The molecule has 4 N–H and O–H groups in total. The third-order valence-corrected chi connectivity index (χ3v) is 6.08. The second-order valence-electron chi connectivity index (χ2n) is 7.66. The molecule has 2 heterocycles. The number of hydrogen-bond donors (Lipinski definition) is 3. The van der Waals surface area contributed by atoms with Gasteiger partial charge < -0.3 is 21.1 Å². The van der Waals surface area contributed by atoms with Crippen LogP contribution in [0.2, 0.25) is 0 Å². The Bertz CT molecular complexity index is 619. The quantitative estimate of drug-likeness (QED) is 0.732. The van der Waals surface area contributed by atoms with E-state index in [0.717, 1.165) is 51.6 Å². The first-order valence-electron chi connectivity index (χ1n) is 9.40. The summed E-state index contributed by atoms with van der Waals surface area (Å²) >= 11 is 0. The van der Waals surface area contributed by atoms with E-state index in [-0.39, 0.29) is 18.4 Å².